The summed E-state index contributed by atoms with van der Waals surface area (Å²) in [7, 11) is 0. The summed E-state index contributed by atoms with van der Waals surface area (Å²) in [4.78, 5) is 12.2. The van der Waals surface area contributed by atoms with Gasteiger partial charge in [-0.3, -0.25) is 4.79 Å². The number of allylic oxidation sites excluding steroid dienone is 2. The highest BCUT2D eigenvalue weighted by atomic mass is 16.1. The molecule has 0 bridgehead atoms. The van der Waals surface area contributed by atoms with Crippen molar-refractivity contribution in [1.82, 2.24) is 0 Å². The van der Waals surface area contributed by atoms with Crippen LogP contribution < -0.4 is 0 Å². The smallest absolute Gasteiger partial charge is 0.163 e. The number of fused-ring (bicyclic) bond motifs is 1. The van der Waals surface area contributed by atoms with E-state index in [9.17, 15) is 4.79 Å². The van der Waals surface area contributed by atoms with Gasteiger partial charge in [0.05, 0.1) is 0 Å². The minimum atomic E-state index is 0.120. The number of ketones is 1. The van der Waals surface area contributed by atoms with Crippen LogP contribution in [0.1, 0.15) is 32.3 Å². The standard InChI is InChI=1S/C18H18O/c1-18(2)10-9-17(19)16(12-18)15-8-7-13-5-3-4-6-14(13)11-15/h3-8,11-12H,9-10H2,1-2H3. The van der Waals surface area contributed by atoms with Crippen LogP contribution in [0.2, 0.25) is 0 Å². The molecular formula is C18H18O. The van der Waals surface area contributed by atoms with E-state index >= 15 is 0 Å². The molecule has 0 unspecified atom stereocenters. The number of carbonyl (C=O) groups is 1. The molecule has 0 heterocycles. The van der Waals surface area contributed by atoms with Crippen LogP contribution in [0.5, 0.6) is 0 Å². The van der Waals surface area contributed by atoms with Gasteiger partial charge >= 0.3 is 0 Å². The maximum atomic E-state index is 12.2. The van der Waals surface area contributed by atoms with Crippen molar-refractivity contribution >= 4 is 22.1 Å². The summed E-state index contributed by atoms with van der Waals surface area (Å²) in [5.41, 5.74) is 2.06. The molecule has 2 aromatic rings. The number of hydrogen-bond acceptors (Lipinski definition) is 1. The lowest BCUT2D eigenvalue weighted by Crippen LogP contribution is -2.19. The maximum absolute atomic E-state index is 12.2. The van der Waals surface area contributed by atoms with Gasteiger partial charge < -0.3 is 0 Å². The van der Waals surface area contributed by atoms with Crippen LogP contribution in [0.25, 0.3) is 16.3 Å². The van der Waals surface area contributed by atoms with Crippen molar-refractivity contribution in [2.24, 2.45) is 5.41 Å². The Hall–Kier alpha value is -1.89. The average Bonchev–Trinajstić information content (AvgIpc) is 2.41. The topological polar surface area (TPSA) is 17.1 Å². The van der Waals surface area contributed by atoms with E-state index in [1.54, 1.807) is 0 Å². The first-order chi connectivity index (χ1) is 9.05. The Morgan fingerprint density at radius 3 is 2.53 bits per heavy atom. The Morgan fingerprint density at radius 1 is 1.00 bits per heavy atom. The summed E-state index contributed by atoms with van der Waals surface area (Å²) in [6.45, 7) is 4.39. The molecule has 1 heteroatoms. The lowest BCUT2D eigenvalue weighted by Gasteiger charge is -2.26. The van der Waals surface area contributed by atoms with Crippen molar-refractivity contribution in [3.63, 3.8) is 0 Å². The number of carbonyl (C=O) groups excluding carboxylic acids is 1. The van der Waals surface area contributed by atoms with E-state index in [0.717, 1.165) is 17.6 Å². The van der Waals surface area contributed by atoms with Crippen LogP contribution in [0.3, 0.4) is 0 Å². The third kappa shape index (κ3) is 2.33. The normalized spacial score (nSPS) is 18.4. The van der Waals surface area contributed by atoms with Gasteiger partial charge in [0, 0.05) is 12.0 Å². The summed E-state index contributed by atoms with van der Waals surface area (Å²) in [5.74, 6) is 0.273. The van der Waals surface area contributed by atoms with Crippen molar-refractivity contribution in [2.45, 2.75) is 26.7 Å². The molecule has 0 amide bonds. The van der Waals surface area contributed by atoms with Crippen LogP contribution >= 0.6 is 0 Å². The van der Waals surface area contributed by atoms with Gasteiger partial charge in [-0.25, -0.2) is 0 Å². The largest absolute Gasteiger partial charge is 0.294 e. The van der Waals surface area contributed by atoms with Crippen LogP contribution in [0.15, 0.2) is 48.5 Å². The molecule has 0 aliphatic heterocycles. The molecule has 0 radical (unpaired) electrons. The Morgan fingerprint density at radius 2 is 1.74 bits per heavy atom. The van der Waals surface area contributed by atoms with E-state index in [0.29, 0.717) is 6.42 Å². The van der Waals surface area contributed by atoms with Crippen LogP contribution in [0, 0.1) is 5.41 Å². The van der Waals surface area contributed by atoms with Gasteiger partial charge in [0.1, 0.15) is 0 Å². The summed E-state index contributed by atoms with van der Waals surface area (Å²) in [6, 6.07) is 14.6. The molecule has 1 nitrogen and oxygen atoms in total. The highest BCUT2D eigenvalue weighted by molar-refractivity contribution is 6.22. The molecule has 0 N–H and O–H groups in total. The van der Waals surface area contributed by atoms with Gasteiger partial charge in [-0.05, 0) is 34.2 Å². The van der Waals surface area contributed by atoms with Crippen LogP contribution in [0.4, 0.5) is 0 Å². The molecule has 19 heavy (non-hydrogen) atoms. The lowest BCUT2D eigenvalue weighted by atomic mass is 9.77. The van der Waals surface area contributed by atoms with E-state index in [4.69, 9.17) is 0 Å². The Bertz CT molecular complexity index is 677. The minimum absolute atomic E-state index is 0.120. The molecule has 0 aromatic heterocycles. The lowest BCUT2D eigenvalue weighted by molar-refractivity contribution is -0.114. The Balaban J connectivity index is 2.13. The highest BCUT2D eigenvalue weighted by Gasteiger charge is 2.26. The fourth-order valence-corrected chi connectivity index (χ4v) is 2.71. The molecule has 0 saturated carbocycles. The van der Waals surface area contributed by atoms with Gasteiger partial charge in [0.25, 0.3) is 0 Å². The SMILES string of the molecule is CC1(C)C=C(c2ccc3ccccc3c2)C(=O)CC1. The molecule has 1 aliphatic rings. The van der Waals surface area contributed by atoms with Crippen molar-refractivity contribution in [2.75, 3.05) is 0 Å². The average molecular weight is 250 g/mol. The van der Waals surface area contributed by atoms with E-state index in [1.807, 2.05) is 12.1 Å². The van der Waals surface area contributed by atoms with Crippen molar-refractivity contribution < 1.29 is 4.79 Å². The monoisotopic (exact) mass is 250 g/mol. The van der Waals surface area contributed by atoms with Gasteiger partial charge in [-0.2, -0.15) is 0 Å². The maximum Gasteiger partial charge on any atom is 0.163 e. The van der Waals surface area contributed by atoms with Crippen LogP contribution in [-0.4, -0.2) is 5.78 Å². The van der Waals surface area contributed by atoms with Gasteiger partial charge in [-0.15, -0.1) is 0 Å². The quantitative estimate of drug-likeness (QED) is 0.722. The van der Waals surface area contributed by atoms with Crippen LogP contribution in [-0.2, 0) is 4.79 Å². The van der Waals surface area contributed by atoms with Gasteiger partial charge in [0.2, 0.25) is 0 Å². The second-order valence-electron chi connectivity index (χ2n) is 6.03. The predicted molar refractivity (Wildman–Crippen MR) is 79.9 cm³/mol. The zero-order valence-corrected chi connectivity index (χ0v) is 11.4. The zero-order valence-electron chi connectivity index (χ0n) is 11.4. The van der Waals surface area contributed by atoms with E-state index < -0.39 is 0 Å². The molecule has 0 atom stereocenters. The second-order valence-corrected chi connectivity index (χ2v) is 6.03. The molecule has 1 aliphatic carbocycles. The summed E-state index contributed by atoms with van der Waals surface area (Å²) in [6.07, 6.45) is 3.75. The zero-order chi connectivity index (χ0) is 13.5. The van der Waals surface area contributed by atoms with Crippen molar-refractivity contribution in [3.8, 4) is 0 Å². The van der Waals surface area contributed by atoms with Crippen molar-refractivity contribution in [1.29, 1.82) is 0 Å². The van der Waals surface area contributed by atoms with Crippen molar-refractivity contribution in [3.05, 3.63) is 54.1 Å². The molecule has 3 rings (SSSR count). The number of Topliss-reactive ketones (excluding diaryl/α,β-unsaturated/α-hetero) is 1. The first kappa shape index (κ1) is 12.2. The Kier molecular flexibility index (Phi) is 2.78. The number of rotatable bonds is 1. The fraction of sp³-hybridized carbons (Fsp3) is 0.278. The molecular weight excluding hydrogens is 232 g/mol. The third-order valence-corrected chi connectivity index (χ3v) is 3.89. The van der Waals surface area contributed by atoms with Gasteiger partial charge in [-0.1, -0.05) is 56.3 Å². The first-order valence-electron chi connectivity index (χ1n) is 6.80. The predicted octanol–water partition coefficient (Wildman–Crippen LogP) is 4.61. The molecule has 0 fully saturated rings. The third-order valence-electron chi connectivity index (χ3n) is 3.89. The second kappa shape index (κ2) is 4.34. The minimum Gasteiger partial charge on any atom is -0.294 e. The molecule has 2 aromatic carbocycles. The first-order valence-corrected chi connectivity index (χ1v) is 6.80. The number of hydrogen-bond donors (Lipinski definition) is 0. The molecule has 0 saturated heterocycles. The molecule has 96 valence electrons. The van der Waals surface area contributed by atoms with E-state index in [-0.39, 0.29) is 11.2 Å². The summed E-state index contributed by atoms with van der Waals surface area (Å²) in [5, 5.41) is 2.41. The summed E-state index contributed by atoms with van der Waals surface area (Å²) >= 11 is 0. The van der Waals surface area contributed by atoms with Gasteiger partial charge in [0.15, 0.2) is 5.78 Å². The highest BCUT2D eigenvalue weighted by Crippen LogP contribution is 2.36. The molecule has 0 spiro atoms. The van der Waals surface area contributed by atoms with E-state index in [1.165, 1.54) is 10.8 Å². The van der Waals surface area contributed by atoms with E-state index in [2.05, 4.69) is 50.3 Å². The number of benzene rings is 2. The Labute approximate surface area is 113 Å². The fourth-order valence-electron chi connectivity index (χ4n) is 2.71. The summed E-state index contributed by atoms with van der Waals surface area (Å²) < 4.78 is 0.